The number of ketones is 2. The molecule has 0 radical (unpaired) electrons. The highest BCUT2D eigenvalue weighted by molar-refractivity contribution is 6.30. The molecule has 226 valence electrons. The first-order valence-corrected chi connectivity index (χ1v) is 14.7. The van der Waals surface area contributed by atoms with Gasteiger partial charge >= 0.3 is 0 Å². The van der Waals surface area contributed by atoms with Crippen LogP contribution in [0, 0.1) is 11.8 Å². The Morgan fingerprint density at radius 3 is 2.32 bits per heavy atom. The third-order valence-electron chi connectivity index (χ3n) is 9.04. The average Bonchev–Trinajstić information content (AvgIpc) is 2.98. The van der Waals surface area contributed by atoms with Crippen molar-refractivity contribution in [2.45, 2.75) is 37.8 Å². The van der Waals surface area contributed by atoms with Gasteiger partial charge in [-0.05, 0) is 77.7 Å². The molecule has 0 aromatic heterocycles. The van der Waals surface area contributed by atoms with Crippen LogP contribution in [0.4, 0.5) is 0 Å². The maximum Gasteiger partial charge on any atom is 0.255 e. The summed E-state index contributed by atoms with van der Waals surface area (Å²) in [6.45, 7) is 1.46. The second kappa shape index (κ2) is 11.2. The molecule has 3 aliphatic rings. The van der Waals surface area contributed by atoms with Gasteiger partial charge in [0, 0.05) is 29.5 Å². The first-order valence-electron chi connectivity index (χ1n) is 14.4. The number of phenols is 1. The minimum Gasteiger partial charge on any atom is -0.511 e. The molecule has 0 bridgehead atoms. The molecule has 1 amide bonds. The first-order chi connectivity index (χ1) is 21.0. The Morgan fingerprint density at radius 2 is 1.64 bits per heavy atom. The molecule has 0 saturated heterocycles. The zero-order valence-electron chi connectivity index (χ0n) is 23.6. The third kappa shape index (κ3) is 4.87. The van der Waals surface area contributed by atoms with E-state index >= 15 is 0 Å². The average molecular weight is 615 g/mol. The number of aliphatic hydroxyl groups excluding tert-OH is 2. The van der Waals surface area contributed by atoms with E-state index in [0.717, 1.165) is 29.7 Å². The first kappa shape index (κ1) is 29.6. The van der Waals surface area contributed by atoms with Gasteiger partial charge in [0.1, 0.15) is 22.8 Å². The molecule has 3 aromatic rings. The van der Waals surface area contributed by atoms with Gasteiger partial charge in [0.15, 0.2) is 11.4 Å². The van der Waals surface area contributed by atoms with Crippen molar-refractivity contribution in [1.29, 1.82) is 0 Å². The van der Waals surface area contributed by atoms with Crippen molar-refractivity contribution < 1.29 is 34.8 Å². The summed E-state index contributed by atoms with van der Waals surface area (Å²) in [5.74, 6) is -6.44. The van der Waals surface area contributed by atoms with Crippen molar-refractivity contribution in [2.75, 3.05) is 6.54 Å². The number of benzene rings is 3. The van der Waals surface area contributed by atoms with Crippen molar-refractivity contribution in [3.8, 4) is 16.9 Å². The number of fused-ring (bicyclic) bond motifs is 3. The molecule has 6 rings (SSSR count). The van der Waals surface area contributed by atoms with E-state index in [-0.39, 0.29) is 36.1 Å². The van der Waals surface area contributed by atoms with Gasteiger partial charge in [-0.3, -0.25) is 14.4 Å². The number of nitrogens with one attached hydrogen (secondary N) is 1. The number of nitrogens with two attached hydrogens (primary N) is 1. The summed E-state index contributed by atoms with van der Waals surface area (Å²) in [6.07, 6.45) is 0.924. The Bertz CT molecular complexity index is 1760. The Labute approximate surface area is 258 Å². The molecule has 0 spiro atoms. The van der Waals surface area contributed by atoms with Gasteiger partial charge in [-0.2, -0.15) is 0 Å². The quantitative estimate of drug-likeness (QED) is 0.170. The normalized spacial score (nSPS) is 22.9. The van der Waals surface area contributed by atoms with E-state index in [9.17, 15) is 34.8 Å². The Hall–Kier alpha value is -4.44. The molecule has 0 fully saturated rings. The molecule has 3 aromatic carbocycles. The third-order valence-corrected chi connectivity index (χ3v) is 9.30. The van der Waals surface area contributed by atoms with E-state index in [1.807, 2.05) is 48.5 Å². The van der Waals surface area contributed by atoms with Gasteiger partial charge in [0.25, 0.3) is 5.91 Å². The van der Waals surface area contributed by atoms with E-state index in [2.05, 4.69) is 5.32 Å². The predicted octanol–water partition coefficient (Wildman–Crippen LogP) is 4.23. The van der Waals surface area contributed by atoms with Crippen molar-refractivity contribution in [3.63, 3.8) is 0 Å². The number of carbonyl (C=O) groups excluding carboxylic acids is 3. The van der Waals surface area contributed by atoms with Crippen LogP contribution in [0.25, 0.3) is 11.1 Å². The Morgan fingerprint density at radius 1 is 0.955 bits per heavy atom. The molecule has 3 aliphatic carbocycles. The topological polar surface area (TPSA) is 170 Å². The number of primary amides is 1. The number of allylic oxidation sites excluding steroid dienone is 2. The second-order valence-electron chi connectivity index (χ2n) is 11.6. The lowest BCUT2D eigenvalue weighted by molar-refractivity contribution is -0.144. The number of rotatable bonds is 7. The fraction of sp³-hybridized carbons (Fsp3) is 0.265. The lowest BCUT2D eigenvalue weighted by Gasteiger charge is -2.45. The molecule has 9 nitrogen and oxygen atoms in total. The fourth-order valence-corrected chi connectivity index (χ4v) is 6.93. The monoisotopic (exact) mass is 614 g/mol. The molecular formula is C34H31ClN2O7. The van der Waals surface area contributed by atoms with Crippen LogP contribution in [0.3, 0.4) is 0 Å². The SMILES string of the molecule is NC(=O)C1=C(O)C[C@@H]2C[C@@H]3Cc4c(-c5ccc(CNCCc6ccc(Cl)cc6)cc5)ccc(O)c4C(=O)C3=C(O)[C@]2(O)C1=O. The summed E-state index contributed by atoms with van der Waals surface area (Å²) in [5.41, 5.74) is 6.14. The molecular weight excluding hydrogens is 584 g/mol. The standard InChI is InChI=1S/C34H31ClN2O7/c35-22-7-3-17(4-8-22)11-12-37-16-18-1-5-19(6-2-18)23-9-10-25(38)28-24(23)14-20-13-21-15-26(39)29(33(36)43)32(42)34(21,44)31(41)27(20)30(28)40/h1-10,20-21,37-39,41,44H,11-16H2,(H2,36,43)/t20-,21+,34+/m1/s1. The minimum atomic E-state index is -2.58. The van der Waals surface area contributed by atoms with E-state index in [1.165, 1.54) is 11.6 Å². The number of hydrogen-bond acceptors (Lipinski definition) is 8. The highest BCUT2D eigenvalue weighted by Crippen LogP contribution is 2.52. The van der Waals surface area contributed by atoms with Crippen LogP contribution in [0.5, 0.6) is 5.75 Å². The molecule has 0 saturated carbocycles. The maximum absolute atomic E-state index is 13.8. The predicted molar refractivity (Wildman–Crippen MR) is 163 cm³/mol. The lowest BCUT2D eigenvalue weighted by Crippen LogP contribution is -2.57. The van der Waals surface area contributed by atoms with Gasteiger partial charge < -0.3 is 31.5 Å². The molecule has 44 heavy (non-hydrogen) atoms. The summed E-state index contributed by atoms with van der Waals surface area (Å²) in [5, 5.41) is 47.9. The van der Waals surface area contributed by atoms with Gasteiger partial charge in [-0.25, -0.2) is 0 Å². The smallest absolute Gasteiger partial charge is 0.255 e. The number of aliphatic hydroxyl groups is 3. The van der Waals surface area contributed by atoms with Crippen molar-refractivity contribution in [2.24, 2.45) is 17.6 Å². The summed E-state index contributed by atoms with van der Waals surface area (Å²) >= 11 is 5.95. The second-order valence-corrected chi connectivity index (χ2v) is 12.1. The molecule has 0 heterocycles. The van der Waals surface area contributed by atoms with Crippen LogP contribution in [-0.2, 0) is 29.0 Å². The minimum absolute atomic E-state index is 0.00735. The highest BCUT2D eigenvalue weighted by Gasteiger charge is 2.59. The Balaban J connectivity index is 1.26. The molecule has 10 heteroatoms. The van der Waals surface area contributed by atoms with Crippen molar-refractivity contribution in [3.05, 3.63) is 111 Å². The number of halogens is 1. The number of phenolic OH excluding ortho intramolecular Hbond substituents is 1. The van der Waals surface area contributed by atoms with Gasteiger partial charge in [0.2, 0.25) is 5.78 Å². The van der Waals surface area contributed by atoms with Crippen LogP contribution in [-0.4, -0.2) is 50.0 Å². The van der Waals surface area contributed by atoms with Crippen molar-refractivity contribution in [1.82, 2.24) is 5.32 Å². The van der Waals surface area contributed by atoms with E-state index in [1.54, 1.807) is 6.07 Å². The van der Waals surface area contributed by atoms with Crippen LogP contribution in [0.1, 0.15) is 39.9 Å². The van der Waals surface area contributed by atoms with Crippen LogP contribution in [0.15, 0.2) is 83.3 Å². The van der Waals surface area contributed by atoms with Crippen LogP contribution < -0.4 is 11.1 Å². The molecule has 0 unspecified atom stereocenters. The van der Waals surface area contributed by atoms with Crippen LogP contribution in [0.2, 0.25) is 5.02 Å². The zero-order valence-corrected chi connectivity index (χ0v) is 24.4. The molecule has 7 N–H and O–H groups in total. The summed E-state index contributed by atoms with van der Waals surface area (Å²) in [6, 6.07) is 18.8. The molecule has 3 atom stereocenters. The molecule has 0 aliphatic heterocycles. The van der Waals surface area contributed by atoms with Gasteiger partial charge in [0.05, 0.1) is 5.56 Å². The van der Waals surface area contributed by atoms with E-state index in [4.69, 9.17) is 17.3 Å². The number of amides is 1. The summed E-state index contributed by atoms with van der Waals surface area (Å²) < 4.78 is 0. The van der Waals surface area contributed by atoms with Gasteiger partial charge in [-0.1, -0.05) is 54.1 Å². The van der Waals surface area contributed by atoms with Gasteiger partial charge in [-0.15, -0.1) is 0 Å². The lowest BCUT2D eigenvalue weighted by atomic mass is 9.60. The maximum atomic E-state index is 13.8. The zero-order chi connectivity index (χ0) is 31.3. The van der Waals surface area contributed by atoms with Crippen molar-refractivity contribution >= 4 is 29.1 Å². The number of aromatic hydroxyl groups is 1. The van der Waals surface area contributed by atoms with E-state index in [0.29, 0.717) is 17.1 Å². The number of carbonyl (C=O) groups is 3. The Kier molecular flexibility index (Phi) is 7.57. The number of hydrogen-bond donors (Lipinski definition) is 6. The highest BCUT2D eigenvalue weighted by atomic mass is 35.5. The largest absolute Gasteiger partial charge is 0.511 e. The van der Waals surface area contributed by atoms with E-state index < -0.39 is 52.0 Å². The van der Waals surface area contributed by atoms with Crippen LogP contribution >= 0.6 is 11.6 Å². The summed E-state index contributed by atoms with van der Waals surface area (Å²) in [4.78, 5) is 38.8. The summed E-state index contributed by atoms with van der Waals surface area (Å²) in [7, 11) is 0. The number of Topliss-reactive ketones (excluding diaryl/α,β-unsaturated/α-hetero) is 2. The fourth-order valence-electron chi connectivity index (χ4n) is 6.81.